The number of piperidine rings is 2. The van der Waals surface area contributed by atoms with E-state index in [0.717, 1.165) is 83.3 Å². The third-order valence-corrected chi connectivity index (χ3v) is 7.15. The van der Waals surface area contributed by atoms with Crippen LogP contribution >= 0.6 is 0 Å². The van der Waals surface area contributed by atoms with Crippen LogP contribution in [0.4, 0.5) is 0 Å². The predicted molar refractivity (Wildman–Crippen MR) is 118 cm³/mol. The van der Waals surface area contributed by atoms with E-state index in [0.29, 0.717) is 18.4 Å². The molecule has 166 valence electrons. The molecule has 3 saturated heterocycles. The number of aromatic nitrogens is 1. The van der Waals surface area contributed by atoms with Gasteiger partial charge in [-0.05, 0) is 74.5 Å². The van der Waals surface area contributed by atoms with E-state index in [2.05, 4.69) is 26.6 Å². The summed E-state index contributed by atoms with van der Waals surface area (Å²) >= 11 is 0. The van der Waals surface area contributed by atoms with Gasteiger partial charge in [0, 0.05) is 64.2 Å². The van der Waals surface area contributed by atoms with E-state index in [1.54, 1.807) is 0 Å². The van der Waals surface area contributed by atoms with E-state index in [1.165, 1.54) is 18.5 Å². The van der Waals surface area contributed by atoms with Crippen molar-refractivity contribution in [1.82, 2.24) is 20.5 Å². The van der Waals surface area contributed by atoms with Gasteiger partial charge >= 0.3 is 0 Å². The topological polar surface area (TPSA) is 66.5 Å². The SMILES string of the molecule is O=C(CCC[C@H]1NCC2CC1CN(Cc1cccnc1)C2)NCCC1CCOCC1. The van der Waals surface area contributed by atoms with Crippen LogP contribution in [0.15, 0.2) is 24.5 Å². The minimum atomic E-state index is 0.220. The Hall–Kier alpha value is -1.50. The summed E-state index contributed by atoms with van der Waals surface area (Å²) in [4.78, 5) is 19.1. The van der Waals surface area contributed by atoms with Gasteiger partial charge in [0.05, 0.1) is 0 Å². The number of pyridine rings is 1. The second-order valence-corrected chi connectivity index (χ2v) is 9.52. The summed E-state index contributed by atoms with van der Waals surface area (Å²) in [5.41, 5.74) is 1.31. The summed E-state index contributed by atoms with van der Waals surface area (Å²) in [5, 5.41) is 6.91. The van der Waals surface area contributed by atoms with Crippen molar-refractivity contribution in [1.29, 1.82) is 0 Å². The molecule has 3 aliphatic rings. The Balaban J connectivity index is 1.14. The number of carbonyl (C=O) groups excluding carboxylic acids is 1. The predicted octanol–water partition coefficient (Wildman–Crippen LogP) is 2.59. The van der Waals surface area contributed by atoms with Crippen molar-refractivity contribution in [3.05, 3.63) is 30.1 Å². The van der Waals surface area contributed by atoms with E-state index in [-0.39, 0.29) is 5.91 Å². The Morgan fingerprint density at radius 3 is 3.00 bits per heavy atom. The molecule has 0 spiro atoms. The molecule has 1 aromatic heterocycles. The monoisotopic (exact) mass is 414 g/mol. The molecule has 0 saturated carbocycles. The van der Waals surface area contributed by atoms with E-state index >= 15 is 0 Å². The lowest BCUT2D eigenvalue weighted by molar-refractivity contribution is -0.121. The van der Waals surface area contributed by atoms with E-state index in [9.17, 15) is 4.79 Å². The minimum Gasteiger partial charge on any atom is -0.381 e. The molecule has 2 bridgehead atoms. The highest BCUT2D eigenvalue weighted by Gasteiger charge is 2.36. The zero-order valence-corrected chi connectivity index (χ0v) is 18.2. The van der Waals surface area contributed by atoms with E-state index < -0.39 is 0 Å². The van der Waals surface area contributed by atoms with Gasteiger partial charge in [-0.15, -0.1) is 0 Å². The third kappa shape index (κ3) is 6.50. The number of hydrogen-bond donors (Lipinski definition) is 2. The van der Waals surface area contributed by atoms with Crippen LogP contribution in [0.2, 0.25) is 0 Å². The van der Waals surface area contributed by atoms with Crippen LogP contribution in [0.5, 0.6) is 0 Å². The molecule has 0 radical (unpaired) electrons. The highest BCUT2D eigenvalue weighted by Crippen LogP contribution is 2.31. The first-order valence-corrected chi connectivity index (χ1v) is 12.0. The van der Waals surface area contributed by atoms with Crippen molar-refractivity contribution in [3.63, 3.8) is 0 Å². The van der Waals surface area contributed by atoms with Gasteiger partial charge < -0.3 is 15.4 Å². The van der Waals surface area contributed by atoms with Gasteiger partial charge in [0.1, 0.15) is 0 Å². The Morgan fingerprint density at radius 2 is 2.17 bits per heavy atom. The summed E-state index contributed by atoms with van der Waals surface area (Å²) < 4.78 is 5.40. The van der Waals surface area contributed by atoms with Crippen molar-refractivity contribution in [2.75, 3.05) is 39.4 Å². The number of likely N-dealkylation sites (tertiary alicyclic amines) is 1. The minimum absolute atomic E-state index is 0.220. The van der Waals surface area contributed by atoms with Gasteiger partial charge in [-0.1, -0.05) is 6.07 Å². The summed E-state index contributed by atoms with van der Waals surface area (Å²) in [7, 11) is 0. The maximum atomic E-state index is 12.2. The van der Waals surface area contributed by atoms with Crippen molar-refractivity contribution in [2.45, 2.75) is 57.5 Å². The molecule has 6 nitrogen and oxygen atoms in total. The van der Waals surface area contributed by atoms with Crippen LogP contribution in [-0.4, -0.2) is 61.2 Å². The molecular weight excluding hydrogens is 376 g/mol. The molecule has 1 aromatic rings. The molecule has 0 aromatic carbocycles. The van der Waals surface area contributed by atoms with Gasteiger partial charge in [0.25, 0.3) is 0 Å². The van der Waals surface area contributed by atoms with Gasteiger partial charge in [-0.25, -0.2) is 0 Å². The number of rotatable bonds is 9. The molecule has 1 amide bonds. The highest BCUT2D eigenvalue weighted by atomic mass is 16.5. The van der Waals surface area contributed by atoms with Crippen LogP contribution in [-0.2, 0) is 16.1 Å². The summed E-state index contributed by atoms with van der Waals surface area (Å²) in [6.07, 6.45) is 11.3. The summed E-state index contributed by atoms with van der Waals surface area (Å²) in [6.45, 7) is 7.04. The van der Waals surface area contributed by atoms with E-state index in [4.69, 9.17) is 4.74 Å². The molecule has 3 aliphatic heterocycles. The molecule has 4 heterocycles. The Bertz CT molecular complexity index is 650. The van der Waals surface area contributed by atoms with Crippen molar-refractivity contribution in [3.8, 4) is 0 Å². The smallest absolute Gasteiger partial charge is 0.219 e. The lowest BCUT2D eigenvalue weighted by atomic mass is 9.79. The van der Waals surface area contributed by atoms with Crippen LogP contribution in [0, 0.1) is 17.8 Å². The van der Waals surface area contributed by atoms with Gasteiger partial charge in [0.2, 0.25) is 5.91 Å². The molecule has 2 unspecified atom stereocenters. The maximum absolute atomic E-state index is 12.2. The summed E-state index contributed by atoms with van der Waals surface area (Å²) in [5.74, 6) is 2.40. The fraction of sp³-hybridized carbons (Fsp3) is 0.750. The highest BCUT2D eigenvalue weighted by molar-refractivity contribution is 5.75. The largest absolute Gasteiger partial charge is 0.381 e. The molecular formula is C24H38N4O2. The van der Waals surface area contributed by atoms with Crippen molar-refractivity contribution < 1.29 is 9.53 Å². The van der Waals surface area contributed by atoms with Gasteiger partial charge in [-0.2, -0.15) is 0 Å². The average Bonchev–Trinajstić information content (AvgIpc) is 2.77. The Labute approximate surface area is 181 Å². The van der Waals surface area contributed by atoms with Crippen LogP contribution in [0.3, 0.4) is 0 Å². The number of carbonyl (C=O) groups is 1. The zero-order chi connectivity index (χ0) is 20.6. The number of ether oxygens (including phenoxy) is 1. The van der Waals surface area contributed by atoms with E-state index in [1.807, 2.05) is 18.5 Å². The first-order valence-electron chi connectivity index (χ1n) is 12.0. The number of nitrogens with zero attached hydrogens (tertiary/aromatic N) is 2. The first kappa shape index (κ1) is 21.7. The van der Waals surface area contributed by atoms with Crippen LogP contribution in [0.1, 0.15) is 50.5 Å². The number of hydrogen-bond acceptors (Lipinski definition) is 5. The van der Waals surface area contributed by atoms with Gasteiger partial charge in [0.15, 0.2) is 0 Å². The quantitative estimate of drug-likeness (QED) is 0.650. The first-order chi connectivity index (χ1) is 14.8. The van der Waals surface area contributed by atoms with Crippen molar-refractivity contribution >= 4 is 5.91 Å². The third-order valence-electron chi connectivity index (χ3n) is 7.15. The molecule has 2 N–H and O–H groups in total. The number of fused-ring (bicyclic) bond motifs is 2. The second-order valence-electron chi connectivity index (χ2n) is 9.52. The zero-order valence-electron chi connectivity index (χ0n) is 18.2. The molecule has 6 heteroatoms. The average molecular weight is 415 g/mol. The lowest BCUT2D eigenvalue weighted by Gasteiger charge is -2.46. The molecule has 30 heavy (non-hydrogen) atoms. The Kier molecular flexibility index (Phi) is 8.12. The molecule has 3 fully saturated rings. The normalized spacial score (nSPS) is 27.7. The maximum Gasteiger partial charge on any atom is 0.219 e. The second kappa shape index (κ2) is 11.2. The molecule has 0 aliphatic carbocycles. The number of nitrogens with one attached hydrogen (secondary N) is 2. The number of amides is 1. The van der Waals surface area contributed by atoms with Gasteiger partial charge in [-0.3, -0.25) is 14.7 Å². The molecule has 3 atom stereocenters. The van der Waals surface area contributed by atoms with Crippen LogP contribution in [0.25, 0.3) is 0 Å². The molecule has 4 rings (SSSR count). The fourth-order valence-corrected chi connectivity index (χ4v) is 5.51. The standard InChI is InChI=1S/C24H38N4O2/c29-24(26-10-6-19-7-11-30-12-8-19)5-1-4-23-22-13-21(15-27-23)17-28(18-22)16-20-3-2-9-25-14-20/h2-3,9,14,19,21-23,27H,1,4-8,10-13,15-18H2,(H,26,29)/t21?,22?,23-/m1/s1. The fourth-order valence-electron chi connectivity index (χ4n) is 5.51. The summed E-state index contributed by atoms with van der Waals surface area (Å²) in [6, 6.07) is 4.75. The van der Waals surface area contributed by atoms with Crippen LogP contribution < -0.4 is 10.6 Å². The Morgan fingerprint density at radius 1 is 1.27 bits per heavy atom. The van der Waals surface area contributed by atoms with Crippen molar-refractivity contribution in [2.24, 2.45) is 17.8 Å². The lowest BCUT2D eigenvalue weighted by Crippen LogP contribution is -2.55.